The Hall–Kier alpha value is -3.53. The molecule has 2 aliphatic heterocycles. The van der Waals surface area contributed by atoms with E-state index in [1.165, 1.54) is 22.3 Å². The van der Waals surface area contributed by atoms with Crippen molar-refractivity contribution in [3.05, 3.63) is 70.6 Å². The van der Waals surface area contributed by atoms with E-state index in [-0.39, 0.29) is 12.1 Å². The Morgan fingerprint density at radius 3 is 2.84 bits per heavy atom. The zero-order chi connectivity index (χ0) is 25.4. The predicted molar refractivity (Wildman–Crippen MR) is 140 cm³/mol. The van der Waals surface area contributed by atoms with Gasteiger partial charge in [-0.3, -0.25) is 4.90 Å². The average Bonchev–Trinajstić information content (AvgIpc) is 3.37. The molecule has 2 aliphatic rings. The van der Waals surface area contributed by atoms with Gasteiger partial charge in [-0.2, -0.15) is 0 Å². The molecule has 1 aromatic carbocycles. The highest BCUT2D eigenvalue weighted by Crippen LogP contribution is 2.35. The zero-order valence-electron chi connectivity index (χ0n) is 21.2. The third kappa shape index (κ3) is 4.54. The maximum atomic E-state index is 12.2. The van der Waals surface area contributed by atoms with Gasteiger partial charge in [0.2, 0.25) is 0 Å². The number of H-pyrrole nitrogens is 1. The number of hydrogen-bond donors (Lipinski definition) is 2. The third-order valence-electron chi connectivity index (χ3n) is 7.50. The van der Waals surface area contributed by atoms with E-state index >= 15 is 0 Å². The smallest absolute Gasteiger partial charge is 0.156 e. The van der Waals surface area contributed by atoms with E-state index in [1.807, 2.05) is 19.3 Å². The van der Waals surface area contributed by atoms with Crippen LogP contribution in [0, 0.1) is 6.92 Å². The second kappa shape index (κ2) is 10.1. The van der Waals surface area contributed by atoms with Crippen LogP contribution in [0.1, 0.15) is 52.6 Å². The van der Waals surface area contributed by atoms with Gasteiger partial charge in [0.25, 0.3) is 0 Å². The standard InChI is InChI=1S/C28H31N7O2/c1-3-18-10-32-28-27(18)34-24(13-33-28)20-8-19-4-6-35(26(15-36)21-11-30-17(2)31-12-21)14-23(19)22(9-20)25-16-37-7-5-29-25/h8-13,15,25-26,29H,3-7,14,16H2,1-2H3,(H,32,33). The molecule has 2 atom stereocenters. The molecule has 6 rings (SSSR count). The highest BCUT2D eigenvalue weighted by Gasteiger charge is 2.30. The molecule has 9 heteroatoms. The van der Waals surface area contributed by atoms with Gasteiger partial charge >= 0.3 is 0 Å². The number of carbonyl (C=O) groups excluding carboxylic acids is 1. The lowest BCUT2D eigenvalue weighted by Crippen LogP contribution is -2.39. The molecule has 2 unspecified atom stereocenters. The first-order valence-electron chi connectivity index (χ1n) is 12.9. The molecule has 2 N–H and O–H groups in total. The predicted octanol–water partition coefficient (Wildman–Crippen LogP) is 3.24. The summed E-state index contributed by atoms with van der Waals surface area (Å²) in [5.41, 5.74) is 9.40. The van der Waals surface area contributed by atoms with Gasteiger partial charge in [0, 0.05) is 49.4 Å². The van der Waals surface area contributed by atoms with Crippen LogP contribution in [-0.4, -0.2) is 62.4 Å². The molecule has 0 saturated carbocycles. The number of rotatable bonds is 6. The first-order chi connectivity index (χ1) is 18.1. The lowest BCUT2D eigenvalue weighted by molar-refractivity contribution is -0.113. The molecule has 9 nitrogen and oxygen atoms in total. The fourth-order valence-corrected chi connectivity index (χ4v) is 5.46. The highest BCUT2D eigenvalue weighted by atomic mass is 16.5. The molecule has 1 saturated heterocycles. The Balaban J connectivity index is 1.40. The number of ether oxygens (including phenoxy) is 1. The van der Waals surface area contributed by atoms with Crippen molar-refractivity contribution in [2.45, 2.75) is 45.3 Å². The molecule has 4 aromatic rings. The molecule has 3 aromatic heterocycles. The Kier molecular flexibility index (Phi) is 6.50. The minimum absolute atomic E-state index is 0.0786. The summed E-state index contributed by atoms with van der Waals surface area (Å²) in [4.78, 5) is 35.9. The number of nitrogens with one attached hydrogen (secondary N) is 2. The fraction of sp³-hybridized carbons (Fsp3) is 0.393. The number of aromatic nitrogens is 5. The SMILES string of the molecule is CCc1c[nH]c2ncc(-c3cc4c(c(C5COCCN5)c3)CN(C(C=O)c3cnc(C)nc3)CC4)nc12. The average molecular weight is 498 g/mol. The Labute approximate surface area is 215 Å². The van der Waals surface area contributed by atoms with Crippen molar-refractivity contribution in [1.29, 1.82) is 0 Å². The molecule has 0 amide bonds. The maximum absolute atomic E-state index is 12.2. The van der Waals surface area contributed by atoms with Crippen LogP contribution < -0.4 is 5.32 Å². The normalized spacial score (nSPS) is 19.0. The lowest BCUT2D eigenvalue weighted by Gasteiger charge is -2.36. The summed E-state index contributed by atoms with van der Waals surface area (Å²) < 4.78 is 5.85. The Bertz CT molecular complexity index is 1430. The third-order valence-corrected chi connectivity index (χ3v) is 7.50. The number of hydrogen-bond acceptors (Lipinski definition) is 8. The van der Waals surface area contributed by atoms with E-state index in [9.17, 15) is 4.79 Å². The van der Waals surface area contributed by atoms with E-state index in [4.69, 9.17) is 9.72 Å². The number of fused-ring (bicyclic) bond motifs is 2. The number of aryl methyl sites for hydroxylation is 2. The van der Waals surface area contributed by atoms with Gasteiger partial charge in [-0.15, -0.1) is 0 Å². The van der Waals surface area contributed by atoms with Crippen LogP contribution in [0.5, 0.6) is 0 Å². The molecule has 0 aliphatic carbocycles. The molecule has 37 heavy (non-hydrogen) atoms. The maximum Gasteiger partial charge on any atom is 0.156 e. The van der Waals surface area contributed by atoms with E-state index in [2.05, 4.69) is 49.2 Å². The summed E-state index contributed by atoms with van der Waals surface area (Å²) in [6.07, 6.45) is 10.1. The first kappa shape index (κ1) is 23.8. The summed E-state index contributed by atoms with van der Waals surface area (Å²) in [6, 6.07) is 4.17. The van der Waals surface area contributed by atoms with Crippen LogP contribution >= 0.6 is 0 Å². The van der Waals surface area contributed by atoms with Crippen molar-refractivity contribution >= 4 is 17.5 Å². The number of benzene rings is 1. The van der Waals surface area contributed by atoms with Crippen LogP contribution in [0.15, 0.2) is 36.9 Å². The minimum Gasteiger partial charge on any atom is -0.378 e. The summed E-state index contributed by atoms with van der Waals surface area (Å²) >= 11 is 0. The summed E-state index contributed by atoms with van der Waals surface area (Å²) in [6.45, 7) is 7.54. The second-order valence-electron chi connectivity index (χ2n) is 9.77. The number of aldehydes is 1. The van der Waals surface area contributed by atoms with E-state index < -0.39 is 0 Å². The number of morpholine rings is 1. The molecule has 190 valence electrons. The van der Waals surface area contributed by atoms with Crippen LogP contribution in [0.4, 0.5) is 0 Å². The van der Waals surface area contributed by atoms with E-state index in [0.717, 1.165) is 60.2 Å². The quantitative estimate of drug-likeness (QED) is 0.391. The highest BCUT2D eigenvalue weighted by molar-refractivity contribution is 5.78. The van der Waals surface area contributed by atoms with Gasteiger partial charge < -0.3 is 19.8 Å². The molecule has 5 heterocycles. The van der Waals surface area contributed by atoms with Gasteiger partial charge in [-0.1, -0.05) is 6.92 Å². The molecule has 0 spiro atoms. The molecular weight excluding hydrogens is 466 g/mol. The summed E-state index contributed by atoms with van der Waals surface area (Å²) in [5.74, 6) is 0.697. The molecule has 0 bridgehead atoms. The topological polar surface area (TPSA) is 109 Å². The van der Waals surface area contributed by atoms with Crippen LogP contribution in [0.3, 0.4) is 0 Å². The fourth-order valence-electron chi connectivity index (χ4n) is 5.46. The first-order valence-corrected chi connectivity index (χ1v) is 12.9. The van der Waals surface area contributed by atoms with E-state index in [1.54, 1.807) is 12.4 Å². The van der Waals surface area contributed by atoms with Crippen molar-refractivity contribution in [2.24, 2.45) is 0 Å². The van der Waals surface area contributed by atoms with Crippen molar-refractivity contribution in [1.82, 2.24) is 35.1 Å². The number of carbonyl (C=O) groups is 1. The minimum atomic E-state index is -0.383. The van der Waals surface area contributed by atoms with Gasteiger partial charge in [0.15, 0.2) is 5.65 Å². The van der Waals surface area contributed by atoms with Gasteiger partial charge in [-0.25, -0.2) is 19.9 Å². The van der Waals surface area contributed by atoms with Crippen molar-refractivity contribution in [3.8, 4) is 11.3 Å². The summed E-state index contributed by atoms with van der Waals surface area (Å²) in [5, 5.41) is 3.63. The summed E-state index contributed by atoms with van der Waals surface area (Å²) in [7, 11) is 0. The second-order valence-corrected chi connectivity index (χ2v) is 9.77. The van der Waals surface area contributed by atoms with Crippen molar-refractivity contribution in [3.63, 3.8) is 0 Å². The largest absolute Gasteiger partial charge is 0.378 e. The van der Waals surface area contributed by atoms with Crippen LogP contribution in [-0.2, 0) is 28.9 Å². The van der Waals surface area contributed by atoms with E-state index in [0.29, 0.717) is 25.6 Å². The molecule has 0 radical (unpaired) electrons. The number of aromatic amines is 1. The lowest BCUT2D eigenvalue weighted by atomic mass is 9.87. The zero-order valence-corrected chi connectivity index (χ0v) is 21.2. The van der Waals surface area contributed by atoms with Crippen molar-refractivity contribution in [2.75, 3.05) is 26.3 Å². The molecular formula is C28H31N7O2. The number of nitrogens with zero attached hydrogens (tertiary/aromatic N) is 5. The monoisotopic (exact) mass is 497 g/mol. The Morgan fingerprint density at radius 1 is 1.22 bits per heavy atom. The Morgan fingerprint density at radius 2 is 2.08 bits per heavy atom. The van der Waals surface area contributed by atoms with Crippen LogP contribution in [0.25, 0.3) is 22.4 Å². The van der Waals surface area contributed by atoms with Crippen molar-refractivity contribution < 1.29 is 9.53 Å². The molecule has 1 fully saturated rings. The van der Waals surface area contributed by atoms with Crippen LogP contribution in [0.2, 0.25) is 0 Å². The van der Waals surface area contributed by atoms with Gasteiger partial charge in [0.05, 0.1) is 37.2 Å². The van der Waals surface area contributed by atoms with Gasteiger partial charge in [0.1, 0.15) is 17.6 Å². The van der Waals surface area contributed by atoms with Gasteiger partial charge in [-0.05, 0) is 54.2 Å².